The first-order chi connectivity index (χ1) is 11.2. The van der Waals surface area contributed by atoms with Crippen LogP contribution >= 0.6 is 11.6 Å². The molecule has 0 unspecified atom stereocenters. The van der Waals surface area contributed by atoms with Gasteiger partial charge in [0.2, 0.25) is 5.91 Å². The molecule has 0 radical (unpaired) electrons. The van der Waals surface area contributed by atoms with Crippen LogP contribution < -0.4 is 10.6 Å². The Labute approximate surface area is 147 Å². The highest BCUT2D eigenvalue weighted by Crippen LogP contribution is 2.28. The molecule has 128 valence electrons. The smallest absolute Gasteiger partial charge is 0.238 e. The fourth-order valence-electron chi connectivity index (χ4n) is 2.54. The summed E-state index contributed by atoms with van der Waals surface area (Å²) in [7, 11) is 0. The topological polar surface area (TPSA) is 41.1 Å². The minimum absolute atomic E-state index is 0.119. The Balaban J connectivity index is 2.02. The molecule has 0 aliphatic rings. The lowest BCUT2D eigenvalue weighted by atomic mass is 9.94. The van der Waals surface area contributed by atoms with E-state index in [4.69, 9.17) is 11.6 Å². The van der Waals surface area contributed by atoms with Crippen LogP contribution in [0.15, 0.2) is 36.4 Å². The maximum Gasteiger partial charge on any atom is 0.238 e. The summed E-state index contributed by atoms with van der Waals surface area (Å²) in [5.74, 6) is -0.527. The average Bonchev–Trinajstić information content (AvgIpc) is 2.48. The second kappa shape index (κ2) is 7.32. The predicted molar refractivity (Wildman–Crippen MR) is 97.0 cm³/mol. The highest BCUT2D eigenvalue weighted by Gasteiger charge is 2.24. The van der Waals surface area contributed by atoms with E-state index in [0.717, 1.165) is 22.4 Å². The van der Waals surface area contributed by atoms with Gasteiger partial charge in [-0.1, -0.05) is 35.4 Å². The summed E-state index contributed by atoms with van der Waals surface area (Å²) in [6, 6.07) is 10.1. The van der Waals surface area contributed by atoms with E-state index in [1.807, 2.05) is 45.9 Å². The molecule has 0 aliphatic heterocycles. The number of anilines is 1. The summed E-state index contributed by atoms with van der Waals surface area (Å²) in [6.45, 7) is 7.88. The zero-order valence-corrected chi connectivity index (χ0v) is 15.1. The van der Waals surface area contributed by atoms with Crippen LogP contribution in [-0.2, 0) is 10.3 Å². The maximum atomic E-state index is 13.2. The highest BCUT2D eigenvalue weighted by atomic mass is 35.5. The van der Waals surface area contributed by atoms with Crippen molar-refractivity contribution in [3.8, 4) is 0 Å². The van der Waals surface area contributed by atoms with Crippen molar-refractivity contribution in [2.24, 2.45) is 0 Å². The van der Waals surface area contributed by atoms with E-state index < -0.39 is 5.54 Å². The molecule has 2 aromatic carbocycles. The number of hydrogen-bond acceptors (Lipinski definition) is 2. The Morgan fingerprint density at radius 2 is 1.88 bits per heavy atom. The second-order valence-corrected chi connectivity index (χ2v) is 6.88. The van der Waals surface area contributed by atoms with Crippen LogP contribution in [0, 0.1) is 19.7 Å². The SMILES string of the molecule is Cc1ccc(NC(=O)CNC(C)(C)c2ccc(F)cc2Cl)c(C)c1. The van der Waals surface area contributed by atoms with E-state index >= 15 is 0 Å². The first-order valence-corrected chi connectivity index (χ1v) is 8.14. The van der Waals surface area contributed by atoms with Crippen molar-refractivity contribution in [1.82, 2.24) is 5.32 Å². The van der Waals surface area contributed by atoms with E-state index in [1.54, 1.807) is 6.07 Å². The van der Waals surface area contributed by atoms with E-state index in [-0.39, 0.29) is 18.3 Å². The van der Waals surface area contributed by atoms with Crippen molar-refractivity contribution in [2.45, 2.75) is 33.2 Å². The van der Waals surface area contributed by atoms with E-state index in [2.05, 4.69) is 10.6 Å². The zero-order chi connectivity index (χ0) is 17.9. The zero-order valence-electron chi connectivity index (χ0n) is 14.3. The van der Waals surface area contributed by atoms with Gasteiger partial charge in [0.05, 0.1) is 6.54 Å². The maximum absolute atomic E-state index is 13.2. The number of carbonyl (C=O) groups excluding carboxylic acids is 1. The van der Waals surface area contributed by atoms with Crippen molar-refractivity contribution in [2.75, 3.05) is 11.9 Å². The standard InChI is InChI=1S/C19H22ClFN2O/c1-12-5-8-17(13(2)9-12)23-18(24)11-22-19(3,4)15-7-6-14(21)10-16(15)20/h5-10,22H,11H2,1-4H3,(H,23,24). The van der Waals surface area contributed by atoms with Gasteiger partial charge in [0.1, 0.15) is 5.82 Å². The number of hydrogen-bond donors (Lipinski definition) is 2. The first-order valence-electron chi connectivity index (χ1n) is 7.77. The van der Waals surface area contributed by atoms with Gasteiger partial charge >= 0.3 is 0 Å². The third-order valence-corrected chi connectivity index (χ3v) is 4.26. The van der Waals surface area contributed by atoms with Crippen molar-refractivity contribution >= 4 is 23.2 Å². The number of amides is 1. The van der Waals surface area contributed by atoms with Crippen LogP contribution in [0.25, 0.3) is 0 Å². The van der Waals surface area contributed by atoms with Crippen molar-refractivity contribution in [3.05, 3.63) is 63.9 Å². The number of rotatable bonds is 5. The van der Waals surface area contributed by atoms with Crippen LogP contribution in [0.1, 0.15) is 30.5 Å². The molecule has 2 aromatic rings. The third-order valence-electron chi connectivity index (χ3n) is 3.95. The number of nitrogens with one attached hydrogen (secondary N) is 2. The predicted octanol–water partition coefficient (Wildman–Crippen LogP) is 4.56. The van der Waals surface area contributed by atoms with Crippen molar-refractivity contribution < 1.29 is 9.18 Å². The number of carbonyl (C=O) groups is 1. The number of aryl methyl sites for hydroxylation is 2. The van der Waals surface area contributed by atoms with Crippen LogP contribution in [0.2, 0.25) is 5.02 Å². The Hall–Kier alpha value is -1.91. The van der Waals surface area contributed by atoms with Crippen molar-refractivity contribution in [1.29, 1.82) is 0 Å². The minimum Gasteiger partial charge on any atom is -0.325 e. The Kier molecular flexibility index (Phi) is 5.62. The molecule has 24 heavy (non-hydrogen) atoms. The Morgan fingerprint density at radius 1 is 1.17 bits per heavy atom. The third kappa shape index (κ3) is 4.56. The fraction of sp³-hybridized carbons (Fsp3) is 0.316. The van der Waals surface area contributed by atoms with Gasteiger partial charge < -0.3 is 5.32 Å². The lowest BCUT2D eigenvalue weighted by Crippen LogP contribution is -2.41. The van der Waals surface area contributed by atoms with Gasteiger partial charge in [0.25, 0.3) is 0 Å². The van der Waals surface area contributed by atoms with E-state index in [0.29, 0.717) is 5.02 Å². The molecule has 0 atom stereocenters. The van der Waals surface area contributed by atoms with Crippen LogP contribution in [0.3, 0.4) is 0 Å². The molecule has 2 rings (SSSR count). The Morgan fingerprint density at radius 3 is 2.50 bits per heavy atom. The summed E-state index contributed by atoms with van der Waals surface area (Å²) in [4.78, 5) is 12.2. The second-order valence-electron chi connectivity index (χ2n) is 6.47. The van der Waals surface area contributed by atoms with E-state index in [9.17, 15) is 9.18 Å². The molecule has 0 fully saturated rings. The van der Waals surface area contributed by atoms with Gasteiger partial charge in [-0.3, -0.25) is 10.1 Å². The molecule has 1 amide bonds. The molecule has 0 aliphatic carbocycles. The van der Waals surface area contributed by atoms with Gasteiger partial charge in [-0.05, 0) is 57.0 Å². The highest BCUT2D eigenvalue weighted by molar-refractivity contribution is 6.31. The molecular formula is C19H22ClFN2O. The quantitative estimate of drug-likeness (QED) is 0.831. The van der Waals surface area contributed by atoms with Gasteiger partial charge in [0, 0.05) is 16.2 Å². The molecule has 2 N–H and O–H groups in total. The minimum atomic E-state index is -0.565. The summed E-state index contributed by atoms with van der Waals surface area (Å²) >= 11 is 6.11. The summed E-state index contributed by atoms with van der Waals surface area (Å²) in [5, 5.41) is 6.39. The van der Waals surface area contributed by atoms with Crippen LogP contribution in [-0.4, -0.2) is 12.5 Å². The largest absolute Gasteiger partial charge is 0.325 e. The normalized spacial score (nSPS) is 11.4. The van der Waals surface area contributed by atoms with Gasteiger partial charge in [-0.2, -0.15) is 0 Å². The summed E-state index contributed by atoms with van der Waals surface area (Å²) < 4.78 is 13.2. The molecule has 5 heteroatoms. The molecule has 0 saturated heterocycles. The van der Waals surface area contributed by atoms with Crippen LogP contribution in [0.5, 0.6) is 0 Å². The molecule has 0 spiro atoms. The molecular weight excluding hydrogens is 327 g/mol. The fourth-order valence-corrected chi connectivity index (χ4v) is 2.94. The first kappa shape index (κ1) is 18.4. The molecule has 3 nitrogen and oxygen atoms in total. The monoisotopic (exact) mass is 348 g/mol. The molecule has 0 heterocycles. The molecule has 0 aromatic heterocycles. The van der Waals surface area contributed by atoms with Crippen LogP contribution in [0.4, 0.5) is 10.1 Å². The summed E-state index contributed by atoms with van der Waals surface area (Å²) in [6.07, 6.45) is 0. The lowest BCUT2D eigenvalue weighted by molar-refractivity contribution is -0.115. The number of benzene rings is 2. The lowest BCUT2D eigenvalue weighted by Gasteiger charge is -2.28. The molecule has 0 bridgehead atoms. The average molecular weight is 349 g/mol. The van der Waals surface area contributed by atoms with E-state index in [1.165, 1.54) is 12.1 Å². The van der Waals surface area contributed by atoms with Gasteiger partial charge in [0.15, 0.2) is 0 Å². The van der Waals surface area contributed by atoms with Crippen molar-refractivity contribution in [3.63, 3.8) is 0 Å². The van der Waals surface area contributed by atoms with Gasteiger partial charge in [-0.25, -0.2) is 4.39 Å². The Bertz CT molecular complexity index is 759. The summed E-state index contributed by atoms with van der Waals surface area (Å²) in [5.41, 5.74) is 3.14. The number of halogens is 2. The van der Waals surface area contributed by atoms with Gasteiger partial charge in [-0.15, -0.1) is 0 Å². The molecule has 0 saturated carbocycles.